The van der Waals surface area contributed by atoms with Gasteiger partial charge in [-0.05, 0) is 48.2 Å². The highest BCUT2D eigenvalue weighted by atomic mass is 32.2. The van der Waals surface area contributed by atoms with Gasteiger partial charge in [0.05, 0.1) is 0 Å². The molecular formula is C31H24N4O4S. The average molecular weight is 549 g/mol. The lowest BCUT2D eigenvalue weighted by Gasteiger charge is -2.27. The van der Waals surface area contributed by atoms with Crippen molar-refractivity contribution in [2.24, 2.45) is 0 Å². The van der Waals surface area contributed by atoms with Crippen molar-refractivity contribution in [3.05, 3.63) is 108 Å². The lowest BCUT2D eigenvalue weighted by molar-refractivity contribution is 0.0611. The molecule has 198 valence electrons. The van der Waals surface area contributed by atoms with E-state index in [1.165, 1.54) is 16.7 Å². The van der Waals surface area contributed by atoms with Crippen LogP contribution in [0.5, 0.6) is 11.5 Å². The van der Waals surface area contributed by atoms with E-state index in [4.69, 9.17) is 9.47 Å². The SMILES string of the molecule is O=C1c2cccc3cccc(c23)C(=O)N1CCCSc1nnc([C@@H]2COc3ccccc3O2)n1-c1ccccc1. The van der Waals surface area contributed by atoms with Gasteiger partial charge in [0, 0.05) is 34.5 Å². The smallest absolute Gasteiger partial charge is 0.261 e. The molecule has 5 aromatic rings. The minimum absolute atomic E-state index is 0.247. The summed E-state index contributed by atoms with van der Waals surface area (Å²) in [7, 11) is 0. The summed E-state index contributed by atoms with van der Waals surface area (Å²) in [5.74, 6) is 2.17. The molecule has 2 aliphatic heterocycles. The van der Waals surface area contributed by atoms with Gasteiger partial charge in [-0.3, -0.25) is 19.1 Å². The van der Waals surface area contributed by atoms with Gasteiger partial charge in [-0.25, -0.2) is 0 Å². The fourth-order valence-corrected chi connectivity index (χ4v) is 6.10. The maximum absolute atomic E-state index is 13.2. The number of thioether (sulfide) groups is 1. The minimum atomic E-state index is -0.427. The largest absolute Gasteiger partial charge is 0.485 e. The summed E-state index contributed by atoms with van der Waals surface area (Å²) in [4.78, 5) is 27.8. The van der Waals surface area contributed by atoms with E-state index >= 15 is 0 Å². The average Bonchev–Trinajstić information content (AvgIpc) is 3.43. The summed E-state index contributed by atoms with van der Waals surface area (Å²) in [6.45, 7) is 0.637. The second kappa shape index (κ2) is 10.2. The van der Waals surface area contributed by atoms with E-state index < -0.39 is 6.10 Å². The van der Waals surface area contributed by atoms with Crippen LogP contribution < -0.4 is 9.47 Å². The van der Waals surface area contributed by atoms with Crippen LogP contribution in [0.3, 0.4) is 0 Å². The topological polar surface area (TPSA) is 86.6 Å². The van der Waals surface area contributed by atoms with Gasteiger partial charge in [0.1, 0.15) is 6.61 Å². The first-order chi connectivity index (χ1) is 19.7. The number of amides is 2. The quantitative estimate of drug-likeness (QED) is 0.146. The summed E-state index contributed by atoms with van der Waals surface area (Å²) < 4.78 is 14.2. The molecule has 1 atom stereocenters. The molecule has 2 amide bonds. The van der Waals surface area contributed by atoms with E-state index in [9.17, 15) is 9.59 Å². The van der Waals surface area contributed by atoms with Gasteiger partial charge in [-0.1, -0.05) is 66.4 Å². The maximum atomic E-state index is 13.2. The Morgan fingerprint density at radius 1 is 0.800 bits per heavy atom. The van der Waals surface area contributed by atoms with Crippen LogP contribution in [0.4, 0.5) is 0 Å². The molecule has 0 fully saturated rings. The molecule has 7 rings (SSSR count). The summed E-state index contributed by atoms with van der Waals surface area (Å²) in [6, 6.07) is 28.6. The molecule has 1 aromatic heterocycles. The Kier molecular flexibility index (Phi) is 6.20. The van der Waals surface area contributed by atoms with Crippen molar-refractivity contribution >= 4 is 34.3 Å². The third-order valence-corrected chi connectivity index (χ3v) is 8.10. The molecule has 0 saturated heterocycles. The van der Waals surface area contributed by atoms with E-state index in [1.807, 2.05) is 83.4 Å². The number of carbonyl (C=O) groups is 2. The van der Waals surface area contributed by atoms with Crippen molar-refractivity contribution in [1.82, 2.24) is 19.7 Å². The van der Waals surface area contributed by atoms with Gasteiger partial charge in [0.2, 0.25) is 0 Å². The zero-order valence-corrected chi connectivity index (χ0v) is 22.2. The normalized spacial score (nSPS) is 16.0. The van der Waals surface area contributed by atoms with Crippen molar-refractivity contribution in [3.63, 3.8) is 0 Å². The molecule has 9 heteroatoms. The Morgan fingerprint density at radius 2 is 1.50 bits per heavy atom. The highest BCUT2D eigenvalue weighted by molar-refractivity contribution is 7.99. The number of para-hydroxylation sites is 3. The second-order valence-electron chi connectivity index (χ2n) is 9.55. The molecule has 2 aliphatic rings. The lowest BCUT2D eigenvalue weighted by atomic mass is 9.94. The van der Waals surface area contributed by atoms with Gasteiger partial charge in [-0.15, -0.1) is 10.2 Å². The Labute approximate surface area is 234 Å². The van der Waals surface area contributed by atoms with Crippen molar-refractivity contribution < 1.29 is 19.1 Å². The lowest BCUT2D eigenvalue weighted by Crippen LogP contribution is -2.41. The molecule has 8 nitrogen and oxygen atoms in total. The van der Waals surface area contributed by atoms with Crippen LogP contribution in [0.1, 0.15) is 39.1 Å². The van der Waals surface area contributed by atoms with Gasteiger partial charge in [0.15, 0.2) is 28.6 Å². The number of hydrogen-bond acceptors (Lipinski definition) is 7. The van der Waals surface area contributed by atoms with Gasteiger partial charge in [-0.2, -0.15) is 0 Å². The summed E-state index contributed by atoms with van der Waals surface area (Å²) in [6.07, 6.45) is 0.177. The van der Waals surface area contributed by atoms with Gasteiger partial charge < -0.3 is 9.47 Å². The van der Waals surface area contributed by atoms with Gasteiger partial charge in [0.25, 0.3) is 11.8 Å². The number of benzene rings is 4. The summed E-state index contributed by atoms with van der Waals surface area (Å²) >= 11 is 1.53. The Hall–Kier alpha value is -4.63. The molecule has 40 heavy (non-hydrogen) atoms. The molecule has 0 aliphatic carbocycles. The summed E-state index contributed by atoms with van der Waals surface area (Å²) in [5.41, 5.74) is 2.06. The van der Waals surface area contributed by atoms with E-state index in [-0.39, 0.29) is 11.8 Å². The minimum Gasteiger partial charge on any atom is -0.485 e. The molecule has 4 aromatic carbocycles. The third-order valence-electron chi connectivity index (χ3n) is 7.08. The van der Waals surface area contributed by atoms with Crippen LogP contribution in [-0.4, -0.2) is 50.4 Å². The number of rotatable bonds is 7. The van der Waals surface area contributed by atoms with E-state index in [2.05, 4.69) is 10.2 Å². The fraction of sp³-hybridized carbons (Fsp3) is 0.161. The first kappa shape index (κ1) is 24.4. The number of nitrogens with zero attached hydrogens (tertiary/aromatic N) is 4. The molecule has 0 N–H and O–H groups in total. The highest BCUT2D eigenvalue weighted by Gasteiger charge is 2.33. The number of aromatic nitrogens is 3. The summed E-state index contributed by atoms with van der Waals surface area (Å²) in [5, 5.41) is 11.3. The van der Waals surface area contributed by atoms with Gasteiger partial charge >= 0.3 is 0 Å². The number of hydrogen-bond donors (Lipinski definition) is 0. The Balaban J connectivity index is 1.09. The van der Waals surface area contributed by atoms with Crippen LogP contribution >= 0.6 is 11.8 Å². The van der Waals surface area contributed by atoms with Crippen LogP contribution in [0.2, 0.25) is 0 Å². The van der Waals surface area contributed by atoms with Crippen LogP contribution in [0.25, 0.3) is 16.5 Å². The number of carbonyl (C=O) groups excluding carboxylic acids is 2. The van der Waals surface area contributed by atoms with Crippen LogP contribution in [0.15, 0.2) is 96.2 Å². The first-order valence-corrected chi connectivity index (χ1v) is 14.1. The number of ether oxygens (including phenoxy) is 2. The van der Waals surface area contributed by atoms with Crippen molar-refractivity contribution in [1.29, 1.82) is 0 Å². The molecule has 0 spiro atoms. The zero-order valence-electron chi connectivity index (χ0n) is 21.4. The van der Waals surface area contributed by atoms with E-state index in [0.29, 0.717) is 58.9 Å². The monoisotopic (exact) mass is 548 g/mol. The molecule has 0 bridgehead atoms. The van der Waals surface area contributed by atoms with E-state index in [1.54, 1.807) is 12.1 Å². The van der Waals surface area contributed by atoms with Crippen molar-refractivity contribution in [2.75, 3.05) is 18.9 Å². The maximum Gasteiger partial charge on any atom is 0.261 e. The number of imide groups is 1. The Morgan fingerprint density at radius 3 is 2.25 bits per heavy atom. The van der Waals surface area contributed by atoms with E-state index in [0.717, 1.165) is 16.5 Å². The predicted molar refractivity (Wildman–Crippen MR) is 151 cm³/mol. The Bertz CT molecular complexity index is 1700. The molecule has 3 heterocycles. The standard InChI is InChI=1S/C31H24N4O4S/c36-29-22-13-6-9-20-10-7-14-23(27(20)22)30(37)34(29)17-8-18-40-31-33-32-28(35(31)21-11-2-1-3-12-21)26-19-38-24-15-4-5-16-25(24)39-26/h1-7,9-16,26H,8,17-19H2/t26-/m0/s1. The van der Waals surface area contributed by atoms with Crippen LogP contribution in [-0.2, 0) is 0 Å². The third kappa shape index (κ3) is 4.19. The molecule has 0 radical (unpaired) electrons. The first-order valence-electron chi connectivity index (χ1n) is 13.1. The highest BCUT2D eigenvalue weighted by Crippen LogP contribution is 2.37. The predicted octanol–water partition coefficient (Wildman–Crippen LogP) is 5.71. The van der Waals surface area contributed by atoms with Crippen molar-refractivity contribution in [2.45, 2.75) is 17.7 Å². The van der Waals surface area contributed by atoms with Crippen molar-refractivity contribution in [3.8, 4) is 17.2 Å². The zero-order chi connectivity index (χ0) is 27.1. The molecule has 0 saturated carbocycles. The fourth-order valence-electron chi connectivity index (χ4n) is 5.22. The molecule has 0 unspecified atom stereocenters. The van der Waals surface area contributed by atoms with Crippen LogP contribution in [0, 0.1) is 0 Å². The second-order valence-corrected chi connectivity index (χ2v) is 10.6. The number of fused-ring (bicyclic) bond motifs is 1. The molecular weight excluding hydrogens is 524 g/mol.